The first kappa shape index (κ1) is 20.3. The summed E-state index contributed by atoms with van der Waals surface area (Å²) < 4.78 is 12.3. The first-order valence-electron chi connectivity index (χ1n) is 9.59. The third-order valence-corrected chi connectivity index (χ3v) is 7.34. The van der Waals surface area contributed by atoms with Crippen molar-refractivity contribution in [2.75, 3.05) is 6.16 Å². The van der Waals surface area contributed by atoms with E-state index in [1.165, 1.54) is 32.9 Å². The summed E-state index contributed by atoms with van der Waals surface area (Å²) in [5.41, 5.74) is 5.24. The Bertz CT molecular complexity index is 748. The van der Waals surface area contributed by atoms with Crippen molar-refractivity contribution in [2.45, 2.75) is 59.5 Å². The minimum absolute atomic E-state index is 0.0187. The van der Waals surface area contributed by atoms with E-state index in [1.807, 2.05) is 19.9 Å². The van der Waals surface area contributed by atoms with E-state index >= 15 is 0 Å². The molecule has 1 aliphatic rings. The fourth-order valence-corrected chi connectivity index (χ4v) is 6.76. The first-order valence-corrected chi connectivity index (χ1v) is 11.1. The van der Waals surface area contributed by atoms with Crippen molar-refractivity contribution < 1.29 is 9.47 Å². The molecule has 0 unspecified atom stereocenters. The average molecular weight is 382 g/mol. The van der Waals surface area contributed by atoms with E-state index in [0.29, 0.717) is 0 Å². The molecule has 1 aliphatic heterocycles. The molecule has 2 aromatic carbocycles. The maximum absolute atomic E-state index is 6.27. The lowest BCUT2D eigenvalue weighted by Crippen LogP contribution is -2.29. The van der Waals surface area contributed by atoms with Gasteiger partial charge < -0.3 is 9.47 Å². The van der Waals surface area contributed by atoms with E-state index in [2.05, 4.69) is 70.7 Å². The molecule has 27 heavy (non-hydrogen) atoms. The minimum Gasteiger partial charge on any atom is -0.344 e. The Morgan fingerprint density at radius 3 is 1.70 bits per heavy atom. The number of benzene rings is 2. The highest BCUT2D eigenvalue weighted by Crippen LogP contribution is 2.41. The summed E-state index contributed by atoms with van der Waals surface area (Å²) in [6.07, 6.45) is 2.77. The normalized spacial score (nSPS) is 21.6. The summed E-state index contributed by atoms with van der Waals surface area (Å²) in [5, 5.41) is 2.81. The monoisotopic (exact) mass is 382 g/mol. The van der Waals surface area contributed by atoms with Gasteiger partial charge in [0.15, 0.2) is 5.79 Å². The summed E-state index contributed by atoms with van der Waals surface area (Å²) in [6.45, 7) is 16.6. The van der Waals surface area contributed by atoms with Crippen molar-refractivity contribution >= 4 is 18.5 Å². The summed E-state index contributed by atoms with van der Waals surface area (Å²) in [7, 11) is -0.553. The number of ether oxygens (including phenoxy) is 2. The Hall–Kier alpha value is -1.47. The quantitative estimate of drug-likeness (QED) is 0.532. The van der Waals surface area contributed by atoms with Crippen molar-refractivity contribution in [2.24, 2.45) is 0 Å². The summed E-state index contributed by atoms with van der Waals surface area (Å²) >= 11 is 0. The van der Waals surface area contributed by atoms with Crippen LogP contribution < -0.4 is 10.6 Å². The molecule has 1 heterocycles. The first-order chi connectivity index (χ1) is 12.7. The molecule has 144 valence electrons. The average Bonchev–Trinajstić information content (AvgIpc) is 2.84. The molecule has 0 N–H and O–H groups in total. The second-order valence-corrected chi connectivity index (χ2v) is 10.4. The molecule has 1 saturated heterocycles. The third-order valence-electron chi connectivity index (χ3n) is 4.85. The Labute approximate surface area is 165 Å². The van der Waals surface area contributed by atoms with Gasteiger partial charge in [0.2, 0.25) is 0 Å². The minimum atomic E-state index is -0.560. The summed E-state index contributed by atoms with van der Waals surface area (Å²) in [4.78, 5) is 0. The molecule has 0 aliphatic carbocycles. The van der Waals surface area contributed by atoms with Crippen LogP contribution in [0.3, 0.4) is 0 Å². The molecule has 2 aromatic rings. The van der Waals surface area contributed by atoms with Gasteiger partial charge in [-0.15, -0.1) is 6.58 Å². The van der Waals surface area contributed by atoms with Gasteiger partial charge in [0, 0.05) is 6.16 Å². The fourth-order valence-electron chi connectivity index (χ4n) is 3.96. The Balaban J connectivity index is 2.03. The van der Waals surface area contributed by atoms with Crippen LogP contribution >= 0.6 is 7.92 Å². The Morgan fingerprint density at radius 2 is 1.30 bits per heavy atom. The predicted octanol–water partition coefficient (Wildman–Crippen LogP) is 5.06. The van der Waals surface area contributed by atoms with Crippen LogP contribution in [-0.2, 0) is 9.47 Å². The molecule has 3 heteroatoms. The lowest BCUT2D eigenvalue weighted by atomic mass is 10.2. The van der Waals surface area contributed by atoms with Crippen LogP contribution in [-0.4, -0.2) is 24.2 Å². The van der Waals surface area contributed by atoms with Crippen molar-refractivity contribution in [3.8, 4) is 0 Å². The van der Waals surface area contributed by atoms with Gasteiger partial charge in [-0.05, 0) is 60.1 Å². The summed E-state index contributed by atoms with van der Waals surface area (Å²) in [6, 6.07) is 13.8. The van der Waals surface area contributed by atoms with Gasteiger partial charge in [-0.1, -0.05) is 64.7 Å². The second-order valence-electron chi connectivity index (χ2n) is 8.18. The van der Waals surface area contributed by atoms with Gasteiger partial charge in [-0.3, -0.25) is 0 Å². The van der Waals surface area contributed by atoms with E-state index in [-0.39, 0.29) is 12.2 Å². The second kappa shape index (κ2) is 7.87. The molecule has 1 fully saturated rings. The topological polar surface area (TPSA) is 18.5 Å². The van der Waals surface area contributed by atoms with E-state index < -0.39 is 13.7 Å². The molecular weight excluding hydrogens is 351 g/mol. The molecule has 0 spiro atoms. The maximum Gasteiger partial charge on any atom is 0.164 e. The molecule has 0 bridgehead atoms. The molecule has 3 rings (SSSR count). The number of hydrogen-bond donors (Lipinski definition) is 0. The van der Waals surface area contributed by atoms with Crippen LogP contribution in [0.15, 0.2) is 49.1 Å². The highest BCUT2D eigenvalue weighted by Gasteiger charge is 2.41. The van der Waals surface area contributed by atoms with Crippen LogP contribution in [0.1, 0.15) is 36.1 Å². The van der Waals surface area contributed by atoms with Crippen LogP contribution in [0.4, 0.5) is 0 Å². The van der Waals surface area contributed by atoms with Crippen molar-refractivity contribution in [3.05, 3.63) is 71.3 Å². The zero-order valence-corrected chi connectivity index (χ0v) is 18.3. The summed E-state index contributed by atoms with van der Waals surface area (Å²) in [5.74, 6) is -0.560. The zero-order chi connectivity index (χ0) is 19.8. The largest absolute Gasteiger partial charge is 0.344 e. The lowest BCUT2D eigenvalue weighted by molar-refractivity contribution is -0.140. The van der Waals surface area contributed by atoms with Crippen molar-refractivity contribution in [1.82, 2.24) is 0 Å². The standard InChI is InChI=1S/C24H31O2P/c1-8-22-23(26-24(6,7)25-22)15-27(20-11-16(2)9-17(3)12-20)21-13-18(4)10-19(5)14-21/h8-14,22-23H,1,15H2,2-7H3/t22-,23-/m0/s1. The highest BCUT2D eigenvalue weighted by molar-refractivity contribution is 7.73. The number of hydrogen-bond acceptors (Lipinski definition) is 2. The number of aryl methyl sites for hydroxylation is 4. The molecule has 0 aromatic heterocycles. The van der Waals surface area contributed by atoms with Crippen LogP contribution in [0.5, 0.6) is 0 Å². The third kappa shape index (κ3) is 4.88. The van der Waals surface area contributed by atoms with Crippen molar-refractivity contribution in [1.29, 1.82) is 0 Å². The maximum atomic E-state index is 6.27. The predicted molar refractivity (Wildman–Crippen MR) is 117 cm³/mol. The van der Waals surface area contributed by atoms with E-state index in [0.717, 1.165) is 6.16 Å². The number of rotatable bonds is 5. The molecule has 0 radical (unpaired) electrons. The van der Waals surface area contributed by atoms with Gasteiger partial charge in [0.05, 0.1) is 6.10 Å². The smallest absolute Gasteiger partial charge is 0.164 e. The zero-order valence-electron chi connectivity index (χ0n) is 17.4. The van der Waals surface area contributed by atoms with Gasteiger partial charge in [-0.25, -0.2) is 0 Å². The van der Waals surface area contributed by atoms with Gasteiger partial charge >= 0.3 is 0 Å². The van der Waals surface area contributed by atoms with E-state index in [9.17, 15) is 0 Å². The van der Waals surface area contributed by atoms with Crippen LogP contribution in [0, 0.1) is 27.7 Å². The SMILES string of the molecule is C=C[C@@H]1OC(C)(C)O[C@H]1CP(c1cc(C)cc(C)c1)c1cc(C)cc(C)c1. The molecule has 0 saturated carbocycles. The molecule has 2 atom stereocenters. The van der Waals surface area contributed by atoms with Crippen LogP contribution in [0.25, 0.3) is 0 Å². The van der Waals surface area contributed by atoms with E-state index in [4.69, 9.17) is 9.47 Å². The van der Waals surface area contributed by atoms with Gasteiger partial charge in [-0.2, -0.15) is 0 Å². The van der Waals surface area contributed by atoms with Crippen LogP contribution in [0.2, 0.25) is 0 Å². The highest BCUT2D eigenvalue weighted by atomic mass is 31.1. The fraction of sp³-hybridized carbons (Fsp3) is 0.417. The Morgan fingerprint density at radius 1 is 0.852 bits per heavy atom. The molecular formula is C24H31O2P. The van der Waals surface area contributed by atoms with E-state index in [1.54, 1.807) is 0 Å². The lowest BCUT2D eigenvalue weighted by Gasteiger charge is -2.25. The van der Waals surface area contributed by atoms with Crippen molar-refractivity contribution in [3.63, 3.8) is 0 Å². The molecule has 0 amide bonds. The molecule has 2 nitrogen and oxygen atoms in total. The Kier molecular flexibility index (Phi) is 5.91. The van der Waals surface area contributed by atoms with Gasteiger partial charge in [0.1, 0.15) is 6.10 Å². The van der Waals surface area contributed by atoms with Gasteiger partial charge in [0.25, 0.3) is 0 Å².